The lowest BCUT2D eigenvalue weighted by Crippen LogP contribution is -2.40. The second-order valence-corrected chi connectivity index (χ2v) is 5.09. The molecule has 0 radical (unpaired) electrons. The predicted octanol–water partition coefficient (Wildman–Crippen LogP) is 3.98. The second kappa shape index (κ2) is 5.95. The zero-order valence-corrected chi connectivity index (χ0v) is 12.1. The van der Waals surface area contributed by atoms with Crippen molar-refractivity contribution in [3.8, 4) is 0 Å². The molecule has 1 saturated heterocycles. The van der Waals surface area contributed by atoms with Gasteiger partial charge in [0, 0.05) is 25.9 Å². The number of pyridine rings is 1. The molecule has 2 rings (SSSR count). The van der Waals surface area contributed by atoms with Crippen molar-refractivity contribution in [2.24, 2.45) is 0 Å². The summed E-state index contributed by atoms with van der Waals surface area (Å²) in [7, 11) is 0. The number of nitrogens with zero attached hydrogens (tertiary/aromatic N) is 2. The molecule has 1 aromatic heterocycles. The van der Waals surface area contributed by atoms with Gasteiger partial charge >= 0.3 is 0 Å². The van der Waals surface area contributed by atoms with E-state index in [0.717, 1.165) is 0 Å². The summed E-state index contributed by atoms with van der Waals surface area (Å²) >= 11 is 5.92. The van der Waals surface area contributed by atoms with Gasteiger partial charge in [-0.2, -0.15) is 0 Å². The van der Waals surface area contributed by atoms with E-state index in [-0.39, 0.29) is 25.9 Å². The molecule has 0 atom stereocenters. The molecule has 20 heavy (non-hydrogen) atoms. The molecule has 0 bridgehead atoms. The zero-order valence-electron chi connectivity index (χ0n) is 11.3. The van der Waals surface area contributed by atoms with Gasteiger partial charge < -0.3 is 9.64 Å². The molecule has 1 aromatic rings. The minimum absolute atomic E-state index is 0.179. The number of piperidine rings is 1. The van der Waals surface area contributed by atoms with Gasteiger partial charge in [0.1, 0.15) is 16.7 Å². The zero-order chi connectivity index (χ0) is 14.8. The molecule has 2 heterocycles. The van der Waals surface area contributed by atoms with Crippen LogP contribution in [0.15, 0.2) is 18.7 Å². The lowest BCUT2D eigenvalue weighted by atomic mass is 10.1. The van der Waals surface area contributed by atoms with Crippen LogP contribution in [0.3, 0.4) is 0 Å². The van der Waals surface area contributed by atoms with Crippen LogP contribution >= 0.6 is 11.6 Å². The van der Waals surface area contributed by atoms with E-state index in [9.17, 15) is 8.78 Å². The van der Waals surface area contributed by atoms with Gasteiger partial charge in [0.2, 0.25) is 0 Å². The lowest BCUT2D eigenvalue weighted by Gasteiger charge is -2.33. The summed E-state index contributed by atoms with van der Waals surface area (Å²) in [6.45, 7) is 6.68. The number of anilines is 1. The molecule has 0 spiro atoms. The van der Waals surface area contributed by atoms with Crippen LogP contribution in [0.5, 0.6) is 0 Å². The van der Waals surface area contributed by atoms with E-state index in [0.29, 0.717) is 28.9 Å². The second-order valence-electron chi connectivity index (χ2n) is 4.70. The number of halogens is 3. The molecule has 0 N–H and O–H groups in total. The van der Waals surface area contributed by atoms with Crippen molar-refractivity contribution in [3.05, 3.63) is 29.4 Å². The third-order valence-electron chi connectivity index (χ3n) is 3.25. The highest BCUT2D eigenvalue weighted by Crippen LogP contribution is 2.33. The first-order valence-electron chi connectivity index (χ1n) is 6.54. The van der Waals surface area contributed by atoms with Gasteiger partial charge in [0.15, 0.2) is 0 Å². The third kappa shape index (κ3) is 3.39. The monoisotopic (exact) mass is 302 g/mol. The maximum absolute atomic E-state index is 13.2. The summed E-state index contributed by atoms with van der Waals surface area (Å²) in [5, 5.41) is 0.324. The fourth-order valence-corrected chi connectivity index (χ4v) is 2.32. The molecule has 0 unspecified atom stereocenters. The van der Waals surface area contributed by atoms with E-state index in [1.807, 2.05) is 11.8 Å². The summed E-state index contributed by atoms with van der Waals surface area (Å²) in [6.07, 6.45) is -0.358. The maximum Gasteiger partial charge on any atom is 0.251 e. The molecule has 1 fully saturated rings. The topological polar surface area (TPSA) is 25.4 Å². The van der Waals surface area contributed by atoms with Crippen molar-refractivity contribution in [1.29, 1.82) is 0 Å². The van der Waals surface area contributed by atoms with Crippen LogP contribution in [-0.4, -0.2) is 30.6 Å². The first-order valence-corrected chi connectivity index (χ1v) is 6.92. The Morgan fingerprint density at radius 2 is 2.10 bits per heavy atom. The van der Waals surface area contributed by atoms with Gasteiger partial charge in [-0.1, -0.05) is 18.2 Å². The Morgan fingerprint density at radius 1 is 1.45 bits per heavy atom. The molecule has 1 aliphatic rings. The highest BCUT2D eigenvalue weighted by atomic mass is 35.5. The van der Waals surface area contributed by atoms with Gasteiger partial charge in [0.05, 0.1) is 12.2 Å². The van der Waals surface area contributed by atoms with Gasteiger partial charge in [0.25, 0.3) is 5.92 Å². The van der Waals surface area contributed by atoms with Gasteiger partial charge in [-0.25, -0.2) is 13.8 Å². The van der Waals surface area contributed by atoms with Crippen LogP contribution in [-0.2, 0) is 4.74 Å². The predicted molar refractivity (Wildman–Crippen MR) is 76.3 cm³/mol. The molecule has 0 aromatic carbocycles. The van der Waals surface area contributed by atoms with Crippen LogP contribution in [0.25, 0.3) is 5.76 Å². The molecule has 3 nitrogen and oxygen atoms in total. The molecule has 110 valence electrons. The van der Waals surface area contributed by atoms with Gasteiger partial charge in [-0.3, -0.25) is 0 Å². The van der Waals surface area contributed by atoms with E-state index < -0.39 is 5.92 Å². The van der Waals surface area contributed by atoms with Crippen LogP contribution in [0.2, 0.25) is 5.15 Å². The summed E-state index contributed by atoms with van der Waals surface area (Å²) in [6, 6.07) is 3.40. The maximum atomic E-state index is 13.2. The largest absolute Gasteiger partial charge is 0.494 e. The summed E-state index contributed by atoms with van der Waals surface area (Å²) in [5.41, 5.74) is 0.696. The SMILES string of the molecule is C=C(OCC)c1ccc(Cl)nc1N1CCC(F)(F)CC1. The molecular weight excluding hydrogens is 286 g/mol. The van der Waals surface area contributed by atoms with E-state index in [2.05, 4.69) is 11.6 Å². The molecule has 6 heteroatoms. The number of alkyl halides is 2. The Bertz CT molecular complexity index is 498. The number of hydrogen-bond acceptors (Lipinski definition) is 3. The molecule has 1 aliphatic heterocycles. The van der Waals surface area contributed by atoms with E-state index in [4.69, 9.17) is 16.3 Å². The minimum atomic E-state index is -2.59. The first kappa shape index (κ1) is 15.0. The smallest absolute Gasteiger partial charge is 0.251 e. The fraction of sp³-hybridized carbons (Fsp3) is 0.500. The van der Waals surface area contributed by atoms with Crippen LogP contribution in [0, 0.1) is 0 Å². The van der Waals surface area contributed by atoms with Gasteiger partial charge in [-0.05, 0) is 19.1 Å². The van der Waals surface area contributed by atoms with Crippen molar-refractivity contribution < 1.29 is 13.5 Å². The Kier molecular flexibility index (Phi) is 4.48. The van der Waals surface area contributed by atoms with Crippen molar-refractivity contribution >= 4 is 23.2 Å². The minimum Gasteiger partial charge on any atom is -0.494 e. The van der Waals surface area contributed by atoms with E-state index in [1.165, 1.54) is 0 Å². The number of hydrogen-bond donors (Lipinski definition) is 0. The standard InChI is InChI=1S/C14H17ClF2N2O/c1-3-20-10(2)11-4-5-12(15)18-13(11)19-8-6-14(16,17)7-9-19/h4-5H,2-3,6-9H2,1H3. The van der Waals surface area contributed by atoms with Crippen molar-refractivity contribution in [1.82, 2.24) is 4.98 Å². The average Bonchev–Trinajstić information content (AvgIpc) is 2.38. The Hall–Kier alpha value is -1.36. The normalized spacial score (nSPS) is 17.9. The quantitative estimate of drug-likeness (QED) is 0.621. The molecule has 0 amide bonds. The van der Waals surface area contributed by atoms with Crippen molar-refractivity contribution in [3.63, 3.8) is 0 Å². The average molecular weight is 303 g/mol. The molecule has 0 saturated carbocycles. The molecular formula is C14H17ClF2N2O. The summed E-state index contributed by atoms with van der Waals surface area (Å²) in [5.74, 6) is -1.55. The Labute approximate surface area is 122 Å². The molecule has 0 aliphatic carbocycles. The Morgan fingerprint density at radius 3 is 2.70 bits per heavy atom. The highest BCUT2D eigenvalue weighted by molar-refractivity contribution is 6.29. The summed E-state index contributed by atoms with van der Waals surface area (Å²) in [4.78, 5) is 6.06. The number of rotatable bonds is 4. The number of ether oxygens (including phenoxy) is 1. The van der Waals surface area contributed by atoms with Gasteiger partial charge in [-0.15, -0.1) is 0 Å². The van der Waals surface area contributed by atoms with Crippen molar-refractivity contribution in [2.45, 2.75) is 25.7 Å². The third-order valence-corrected chi connectivity index (χ3v) is 3.47. The van der Waals surface area contributed by atoms with Crippen LogP contribution in [0.4, 0.5) is 14.6 Å². The highest BCUT2D eigenvalue weighted by Gasteiger charge is 2.35. The van der Waals surface area contributed by atoms with Crippen LogP contribution in [0.1, 0.15) is 25.3 Å². The summed E-state index contributed by atoms with van der Waals surface area (Å²) < 4.78 is 31.9. The van der Waals surface area contributed by atoms with Crippen LogP contribution < -0.4 is 4.90 Å². The van der Waals surface area contributed by atoms with E-state index >= 15 is 0 Å². The van der Waals surface area contributed by atoms with Crippen molar-refractivity contribution in [2.75, 3.05) is 24.6 Å². The fourth-order valence-electron chi connectivity index (χ4n) is 2.18. The lowest BCUT2D eigenvalue weighted by molar-refractivity contribution is -0.0221. The Balaban J connectivity index is 2.26. The van der Waals surface area contributed by atoms with E-state index in [1.54, 1.807) is 12.1 Å². The number of aromatic nitrogens is 1. The first-order chi connectivity index (χ1) is 9.43.